The van der Waals surface area contributed by atoms with E-state index in [0.29, 0.717) is 6.42 Å². The molecule has 0 spiro atoms. The lowest BCUT2D eigenvalue weighted by atomic mass is 9.91. The Hall–Kier alpha value is -2.67. The van der Waals surface area contributed by atoms with Crippen molar-refractivity contribution in [1.82, 2.24) is 10.9 Å². The van der Waals surface area contributed by atoms with E-state index < -0.39 is 15.8 Å². The Morgan fingerprint density at radius 3 is 1.96 bits per heavy atom. The van der Waals surface area contributed by atoms with Gasteiger partial charge in [0.25, 0.3) is 0 Å². The lowest BCUT2D eigenvalue weighted by Gasteiger charge is -2.18. The first-order valence-corrected chi connectivity index (χ1v) is 10.7. The van der Waals surface area contributed by atoms with Crippen molar-refractivity contribution in [1.29, 1.82) is 0 Å². The van der Waals surface area contributed by atoms with Gasteiger partial charge in [0.15, 0.2) is 9.84 Å². The number of hydrazine groups is 1. The van der Waals surface area contributed by atoms with Crippen LogP contribution in [0.25, 0.3) is 0 Å². The first-order valence-electron chi connectivity index (χ1n) is 8.83. The van der Waals surface area contributed by atoms with Crippen molar-refractivity contribution in [2.45, 2.75) is 18.8 Å². The van der Waals surface area contributed by atoms with Gasteiger partial charge >= 0.3 is 0 Å². The van der Waals surface area contributed by atoms with Crippen molar-refractivity contribution in [2.75, 3.05) is 11.5 Å². The SMILES string of the molecule is O=C(C[C@@H]1CCS(=O)(=O)C1)NNC(=O)C(c1ccccc1)c1ccccc1. The third-order valence-corrected chi connectivity index (χ3v) is 6.49. The van der Waals surface area contributed by atoms with Crippen LogP contribution in [0, 0.1) is 5.92 Å². The van der Waals surface area contributed by atoms with Crippen molar-refractivity contribution < 1.29 is 18.0 Å². The van der Waals surface area contributed by atoms with Crippen molar-refractivity contribution >= 4 is 21.7 Å². The summed E-state index contributed by atoms with van der Waals surface area (Å²) in [7, 11) is -3.03. The standard InChI is InChI=1S/C20H22N2O4S/c23-18(13-15-11-12-27(25,26)14-15)21-22-20(24)19(16-7-3-1-4-8-16)17-9-5-2-6-10-17/h1-10,15,19H,11-14H2,(H,21,23)(H,22,24)/t15-/m0/s1. The summed E-state index contributed by atoms with van der Waals surface area (Å²) in [5.41, 5.74) is 6.54. The van der Waals surface area contributed by atoms with Crippen molar-refractivity contribution in [2.24, 2.45) is 5.92 Å². The van der Waals surface area contributed by atoms with E-state index in [1.807, 2.05) is 60.7 Å². The molecule has 2 N–H and O–H groups in total. The molecule has 0 radical (unpaired) electrons. The molecular formula is C20H22N2O4S. The molecule has 2 aromatic rings. The number of sulfone groups is 1. The van der Waals surface area contributed by atoms with Gasteiger partial charge in [-0.1, -0.05) is 60.7 Å². The average molecular weight is 386 g/mol. The Labute approximate surface area is 158 Å². The lowest BCUT2D eigenvalue weighted by Crippen LogP contribution is -2.44. The van der Waals surface area contributed by atoms with Gasteiger partial charge in [0.2, 0.25) is 11.8 Å². The summed E-state index contributed by atoms with van der Waals surface area (Å²) in [5, 5.41) is 0. The van der Waals surface area contributed by atoms with E-state index in [-0.39, 0.29) is 35.7 Å². The van der Waals surface area contributed by atoms with E-state index >= 15 is 0 Å². The molecule has 0 bridgehead atoms. The number of hydrogen-bond acceptors (Lipinski definition) is 4. The zero-order valence-electron chi connectivity index (χ0n) is 14.8. The van der Waals surface area contributed by atoms with E-state index in [2.05, 4.69) is 10.9 Å². The van der Waals surface area contributed by atoms with Crippen LogP contribution >= 0.6 is 0 Å². The number of nitrogens with one attached hydrogen (secondary N) is 2. The van der Waals surface area contributed by atoms with Gasteiger partial charge in [-0.25, -0.2) is 8.42 Å². The van der Waals surface area contributed by atoms with Crippen LogP contribution in [-0.4, -0.2) is 31.7 Å². The highest BCUT2D eigenvalue weighted by Gasteiger charge is 2.30. The lowest BCUT2D eigenvalue weighted by molar-refractivity contribution is -0.129. The van der Waals surface area contributed by atoms with Crippen LogP contribution in [0.4, 0.5) is 0 Å². The molecule has 7 heteroatoms. The van der Waals surface area contributed by atoms with E-state index in [1.54, 1.807) is 0 Å². The molecule has 3 rings (SSSR count). The zero-order chi connectivity index (χ0) is 19.3. The Kier molecular flexibility index (Phi) is 5.91. The molecule has 142 valence electrons. The average Bonchev–Trinajstić information content (AvgIpc) is 3.00. The second kappa shape index (κ2) is 8.35. The van der Waals surface area contributed by atoms with Gasteiger partial charge in [-0.3, -0.25) is 20.4 Å². The quantitative estimate of drug-likeness (QED) is 0.767. The summed E-state index contributed by atoms with van der Waals surface area (Å²) in [5.74, 6) is -1.32. The summed E-state index contributed by atoms with van der Waals surface area (Å²) in [6.07, 6.45) is 0.571. The first kappa shape index (κ1) is 19.1. The Bertz CT molecular complexity index is 859. The molecule has 1 aliphatic heterocycles. The van der Waals surface area contributed by atoms with Crippen LogP contribution in [0.1, 0.15) is 29.9 Å². The molecule has 2 amide bonds. The number of benzene rings is 2. The number of hydrogen-bond donors (Lipinski definition) is 2. The highest BCUT2D eigenvalue weighted by atomic mass is 32.2. The number of amides is 2. The minimum atomic E-state index is -3.03. The Balaban J connectivity index is 1.64. The third-order valence-electron chi connectivity index (χ3n) is 4.65. The van der Waals surface area contributed by atoms with Crippen LogP contribution in [0.15, 0.2) is 60.7 Å². The molecule has 6 nitrogen and oxygen atoms in total. The van der Waals surface area contributed by atoms with Crippen LogP contribution < -0.4 is 10.9 Å². The molecule has 0 aliphatic carbocycles. The summed E-state index contributed by atoms with van der Waals surface area (Å²) in [6.45, 7) is 0. The molecule has 1 heterocycles. The largest absolute Gasteiger partial charge is 0.273 e. The summed E-state index contributed by atoms with van der Waals surface area (Å²) < 4.78 is 23.0. The zero-order valence-corrected chi connectivity index (χ0v) is 15.6. The second-order valence-corrected chi connectivity index (χ2v) is 8.99. The van der Waals surface area contributed by atoms with E-state index in [4.69, 9.17) is 0 Å². The fourth-order valence-electron chi connectivity index (χ4n) is 3.34. The topological polar surface area (TPSA) is 92.3 Å². The van der Waals surface area contributed by atoms with E-state index in [0.717, 1.165) is 11.1 Å². The maximum atomic E-state index is 12.8. The molecule has 1 aliphatic rings. The normalized spacial score (nSPS) is 18.2. The molecule has 1 fully saturated rings. The van der Waals surface area contributed by atoms with Crippen LogP contribution in [0.2, 0.25) is 0 Å². The van der Waals surface area contributed by atoms with Crippen molar-refractivity contribution in [3.63, 3.8) is 0 Å². The van der Waals surface area contributed by atoms with Gasteiger partial charge in [0.1, 0.15) is 0 Å². The van der Waals surface area contributed by atoms with Crippen LogP contribution in [0.3, 0.4) is 0 Å². The Morgan fingerprint density at radius 2 is 1.48 bits per heavy atom. The number of carbonyl (C=O) groups excluding carboxylic acids is 2. The molecule has 0 unspecified atom stereocenters. The molecular weight excluding hydrogens is 364 g/mol. The van der Waals surface area contributed by atoms with Gasteiger partial charge in [-0.05, 0) is 23.5 Å². The smallest absolute Gasteiger partial charge is 0.250 e. The van der Waals surface area contributed by atoms with Gasteiger partial charge in [-0.2, -0.15) is 0 Å². The number of rotatable bonds is 5. The maximum Gasteiger partial charge on any atom is 0.250 e. The van der Waals surface area contributed by atoms with Gasteiger partial charge in [0.05, 0.1) is 17.4 Å². The van der Waals surface area contributed by atoms with E-state index in [9.17, 15) is 18.0 Å². The predicted molar refractivity (Wildman–Crippen MR) is 102 cm³/mol. The van der Waals surface area contributed by atoms with Crippen LogP contribution in [0.5, 0.6) is 0 Å². The number of carbonyl (C=O) groups is 2. The second-order valence-electron chi connectivity index (χ2n) is 6.76. The summed E-state index contributed by atoms with van der Waals surface area (Å²) in [4.78, 5) is 24.9. The molecule has 0 aromatic heterocycles. The Morgan fingerprint density at radius 1 is 0.926 bits per heavy atom. The molecule has 0 saturated carbocycles. The molecule has 2 aromatic carbocycles. The van der Waals surface area contributed by atoms with Crippen molar-refractivity contribution in [3.05, 3.63) is 71.8 Å². The monoisotopic (exact) mass is 386 g/mol. The summed E-state index contributed by atoms with van der Waals surface area (Å²) >= 11 is 0. The summed E-state index contributed by atoms with van der Waals surface area (Å²) in [6, 6.07) is 18.6. The predicted octanol–water partition coefficient (Wildman–Crippen LogP) is 1.79. The fourth-order valence-corrected chi connectivity index (χ4v) is 5.20. The fraction of sp³-hybridized carbons (Fsp3) is 0.300. The molecule has 27 heavy (non-hydrogen) atoms. The van der Waals surface area contributed by atoms with Crippen LogP contribution in [-0.2, 0) is 19.4 Å². The molecule has 1 saturated heterocycles. The maximum absolute atomic E-state index is 12.8. The molecule has 1 atom stereocenters. The van der Waals surface area contributed by atoms with Gasteiger partial charge < -0.3 is 0 Å². The first-order chi connectivity index (χ1) is 12.9. The minimum Gasteiger partial charge on any atom is -0.273 e. The van der Waals surface area contributed by atoms with Gasteiger partial charge in [0, 0.05) is 6.42 Å². The van der Waals surface area contributed by atoms with Crippen molar-refractivity contribution in [3.8, 4) is 0 Å². The van der Waals surface area contributed by atoms with E-state index in [1.165, 1.54) is 0 Å². The minimum absolute atomic E-state index is 0.0328. The third kappa shape index (κ3) is 5.17. The highest BCUT2D eigenvalue weighted by molar-refractivity contribution is 7.91. The van der Waals surface area contributed by atoms with Gasteiger partial charge in [-0.15, -0.1) is 0 Å². The highest BCUT2D eigenvalue weighted by Crippen LogP contribution is 2.24.